The smallest absolute Gasteiger partial charge is 0.340 e. The van der Waals surface area contributed by atoms with Gasteiger partial charge in [0.2, 0.25) is 5.82 Å². The highest BCUT2D eigenvalue weighted by Gasteiger charge is 2.40. The molecule has 12 nitrogen and oxygen atoms in total. The number of esters is 2. The monoisotopic (exact) mass is 508 g/mol. The lowest BCUT2D eigenvalue weighted by atomic mass is 10.2. The number of hydrogen-bond donors (Lipinski definition) is 0. The minimum atomic E-state index is -1.46. The molecule has 2 aromatic rings. The van der Waals surface area contributed by atoms with Crippen LogP contribution in [0.1, 0.15) is 36.9 Å². The van der Waals surface area contributed by atoms with E-state index in [0.717, 1.165) is 6.92 Å². The number of benzene rings is 1. The van der Waals surface area contributed by atoms with Gasteiger partial charge in [-0.3, -0.25) is 23.7 Å². The maximum absolute atomic E-state index is 14.7. The number of rotatable bonds is 9. The van der Waals surface area contributed by atoms with Crippen LogP contribution in [0.3, 0.4) is 0 Å². The molecular weight excluding hydrogens is 483 g/mol. The first-order valence-corrected chi connectivity index (χ1v) is 10.9. The molecule has 1 saturated heterocycles. The van der Waals surface area contributed by atoms with Crippen molar-refractivity contribution in [1.82, 2.24) is 9.13 Å². The Bertz CT molecular complexity index is 1250. The first-order valence-electron chi connectivity index (χ1n) is 10.9. The molecule has 3 atom stereocenters. The molecule has 0 aliphatic carbocycles. The number of hydrogen-bond acceptors (Lipinski definition) is 10. The molecule has 0 spiro atoms. The van der Waals surface area contributed by atoms with E-state index < -0.39 is 53.3 Å². The summed E-state index contributed by atoms with van der Waals surface area (Å²) in [6.07, 6.45) is -2.66. The highest BCUT2D eigenvalue weighted by Crippen LogP contribution is 2.30. The van der Waals surface area contributed by atoms with E-state index in [1.54, 1.807) is 6.07 Å². The third-order valence-electron chi connectivity index (χ3n) is 5.20. The molecule has 0 N–H and O–H groups in total. The minimum Gasteiger partial charge on any atom is -0.490 e. The minimum absolute atomic E-state index is 0.0649. The Balaban J connectivity index is 1.99. The standard InChI is InChI=1S/C23H25FN2O10/c1-13(27)34-12-19-18(35-14(2)28)10-20(36-19)25-11-16(24)22(30)26(23(25)31)21(29)15-6-4-5-7-17(15)33-9-8-32-3/h4-7,11,18-20H,8-10,12H2,1-3H3/t18-,19+,20+/m0/s1. The molecule has 13 heteroatoms. The number of para-hydroxylation sites is 1. The largest absolute Gasteiger partial charge is 0.490 e. The van der Waals surface area contributed by atoms with Gasteiger partial charge in [0.15, 0.2) is 0 Å². The summed E-state index contributed by atoms with van der Waals surface area (Å²) in [5.41, 5.74) is -2.79. The second-order valence-electron chi connectivity index (χ2n) is 7.77. The van der Waals surface area contributed by atoms with E-state index in [-0.39, 0.29) is 42.1 Å². The molecule has 3 rings (SSSR count). The van der Waals surface area contributed by atoms with Gasteiger partial charge in [0.05, 0.1) is 18.4 Å². The van der Waals surface area contributed by atoms with Gasteiger partial charge in [-0.2, -0.15) is 8.96 Å². The molecule has 1 aliphatic rings. The van der Waals surface area contributed by atoms with Gasteiger partial charge in [-0.25, -0.2) is 4.79 Å². The van der Waals surface area contributed by atoms with E-state index in [1.165, 1.54) is 32.2 Å². The molecule has 194 valence electrons. The third-order valence-corrected chi connectivity index (χ3v) is 5.20. The number of ether oxygens (including phenoxy) is 5. The van der Waals surface area contributed by atoms with Crippen LogP contribution in [-0.2, 0) is 28.5 Å². The fourth-order valence-electron chi connectivity index (χ4n) is 3.61. The zero-order chi connectivity index (χ0) is 26.4. The molecule has 1 aromatic carbocycles. The molecule has 1 aromatic heterocycles. The molecule has 0 radical (unpaired) electrons. The van der Waals surface area contributed by atoms with Crippen molar-refractivity contribution in [2.75, 3.05) is 26.9 Å². The first-order chi connectivity index (χ1) is 17.1. The fraction of sp³-hybridized carbons (Fsp3) is 0.435. The van der Waals surface area contributed by atoms with Gasteiger partial charge < -0.3 is 23.7 Å². The average molecular weight is 508 g/mol. The van der Waals surface area contributed by atoms with E-state index in [2.05, 4.69) is 0 Å². The number of nitrogens with zero attached hydrogens (tertiary/aromatic N) is 2. The fourth-order valence-corrected chi connectivity index (χ4v) is 3.61. The van der Waals surface area contributed by atoms with Crippen LogP contribution in [0.25, 0.3) is 0 Å². The van der Waals surface area contributed by atoms with Crippen molar-refractivity contribution in [3.05, 3.63) is 62.7 Å². The lowest BCUT2D eigenvalue weighted by Gasteiger charge is -2.18. The van der Waals surface area contributed by atoms with Crippen molar-refractivity contribution in [1.29, 1.82) is 0 Å². The van der Waals surface area contributed by atoms with Crippen LogP contribution in [0.2, 0.25) is 0 Å². The summed E-state index contributed by atoms with van der Waals surface area (Å²) in [6, 6.07) is 5.84. The molecule has 36 heavy (non-hydrogen) atoms. The van der Waals surface area contributed by atoms with Crippen LogP contribution in [0, 0.1) is 5.82 Å². The summed E-state index contributed by atoms with van der Waals surface area (Å²) >= 11 is 0. The number of carbonyl (C=O) groups excluding carboxylic acids is 3. The van der Waals surface area contributed by atoms with Crippen molar-refractivity contribution in [3.63, 3.8) is 0 Å². The van der Waals surface area contributed by atoms with Gasteiger partial charge >= 0.3 is 17.6 Å². The highest BCUT2D eigenvalue weighted by molar-refractivity contribution is 5.98. The van der Waals surface area contributed by atoms with Crippen LogP contribution in [-0.4, -0.2) is 66.1 Å². The number of carbonyl (C=O) groups is 3. The lowest BCUT2D eigenvalue weighted by Crippen LogP contribution is -2.46. The normalized spacial score (nSPS) is 19.1. The second-order valence-corrected chi connectivity index (χ2v) is 7.77. The van der Waals surface area contributed by atoms with Crippen molar-refractivity contribution >= 4 is 17.8 Å². The zero-order valence-corrected chi connectivity index (χ0v) is 19.8. The van der Waals surface area contributed by atoms with E-state index in [9.17, 15) is 28.4 Å². The number of methoxy groups -OCH3 is 1. The van der Waals surface area contributed by atoms with Gasteiger partial charge in [0.25, 0.3) is 11.5 Å². The molecule has 1 aliphatic heterocycles. The molecule has 0 bridgehead atoms. The molecule has 0 saturated carbocycles. The van der Waals surface area contributed by atoms with Gasteiger partial charge in [-0.1, -0.05) is 12.1 Å². The SMILES string of the molecule is COCCOc1ccccc1C(=O)n1c(=O)c(F)cn([C@H]2C[C@H](OC(C)=O)[C@@H](COC(C)=O)O2)c1=O. The summed E-state index contributed by atoms with van der Waals surface area (Å²) in [4.78, 5) is 61.7. The van der Waals surface area contributed by atoms with Crippen LogP contribution >= 0.6 is 0 Å². The van der Waals surface area contributed by atoms with Gasteiger partial charge in [0.1, 0.15) is 37.4 Å². The molecule has 0 unspecified atom stereocenters. The lowest BCUT2D eigenvalue weighted by molar-refractivity contribution is -0.155. The maximum atomic E-state index is 14.7. The van der Waals surface area contributed by atoms with Crippen molar-refractivity contribution in [2.45, 2.75) is 38.7 Å². The Kier molecular flexibility index (Phi) is 8.72. The topological polar surface area (TPSA) is 141 Å². The van der Waals surface area contributed by atoms with Crippen LogP contribution < -0.4 is 16.0 Å². The van der Waals surface area contributed by atoms with Crippen LogP contribution in [0.4, 0.5) is 4.39 Å². The molecule has 2 heterocycles. The van der Waals surface area contributed by atoms with Crippen LogP contribution in [0.15, 0.2) is 40.1 Å². The Morgan fingerprint density at radius 1 is 1.11 bits per heavy atom. The number of aromatic nitrogens is 2. The summed E-state index contributed by atoms with van der Waals surface area (Å²) in [7, 11) is 1.46. The van der Waals surface area contributed by atoms with Crippen LogP contribution in [0.5, 0.6) is 5.75 Å². The summed E-state index contributed by atoms with van der Waals surface area (Å²) in [5.74, 6) is -3.71. The highest BCUT2D eigenvalue weighted by atomic mass is 19.1. The Morgan fingerprint density at radius 2 is 1.83 bits per heavy atom. The third kappa shape index (κ3) is 6.04. The zero-order valence-electron chi connectivity index (χ0n) is 19.8. The summed E-state index contributed by atoms with van der Waals surface area (Å²) in [5, 5.41) is 0. The van der Waals surface area contributed by atoms with Crippen molar-refractivity contribution < 1.29 is 42.5 Å². The van der Waals surface area contributed by atoms with Gasteiger partial charge in [-0.15, -0.1) is 0 Å². The van der Waals surface area contributed by atoms with Crippen molar-refractivity contribution in [2.24, 2.45) is 0 Å². The van der Waals surface area contributed by atoms with E-state index >= 15 is 0 Å². The first kappa shape index (κ1) is 26.8. The van der Waals surface area contributed by atoms with E-state index in [0.29, 0.717) is 10.8 Å². The molecule has 1 fully saturated rings. The van der Waals surface area contributed by atoms with Gasteiger partial charge in [0, 0.05) is 27.4 Å². The second kappa shape index (κ2) is 11.7. The quantitative estimate of drug-likeness (QED) is 0.350. The Hall–Kier alpha value is -3.84. The number of halogens is 1. The predicted molar refractivity (Wildman–Crippen MR) is 119 cm³/mol. The van der Waals surface area contributed by atoms with Crippen molar-refractivity contribution in [3.8, 4) is 5.75 Å². The Labute approximate surface area is 204 Å². The van der Waals surface area contributed by atoms with Gasteiger partial charge in [-0.05, 0) is 12.1 Å². The Morgan fingerprint density at radius 3 is 2.50 bits per heavy atom. The average Bonchev–Trinajstić information content (AvgIpc) is 3.22. The predicted octanol–water partition coefficient (Wildman–Crippen LogP) is 0.645. The van der Waals surface area contributed by atoms with E-state index in [4.69, 9.17) is 23.7 Å². The van der Waals surface area contributed by atoms with E-state index in [1.807, 2.05) is 0 Å². The molecule has 0 amide bonds. The maximum Gasteiger partial charge on any atom is 0.340 e. The summed E-state index contributed by atoms with van der Waals surface area (Å²) < 4.78 is 41.7. The summed E-state index contributed by atoms with van der Waals surface area (Å²) in [6.45, 7) is 2.33. The molecular formula is C23H25FN2O10.